The van der Waals surface area contributed by atoms with Gasteiger partial charge in [0.25, 0.3) is 5.91 Å². The van der Waals surface area contributed by atoms with E-state index in [4.69, 9.17) is 4.74 Å². The molecule has 1 aromatic carbocycles. The van der Waals surface area contributed by atoms with Crippen LogP contribution in [0.5, 0.6) is 0 Å². The summed E-state index contributed by atoms with van der Waals surface area (Å²) in [6, 6.07) is 7.08. The van der Waals surface area contributed by atoms with Crippen molar-refractivity contribution in [3.63, 3.8) is 0 Å². The first-order chi connectivity index (χ1) is 10.5. The molecule has 0 aliphatic carbocycles. The lowest BCUT2D eigenvalue weighted by Crippen LogP contribution is -2.30. The molecule has 22 heavy (non-hydrogen) atoms. The zero-order valence-corrected chi connectivity index (χ0v) is 13.6. The molecule has 1 N–H and O–H groups in total. The zero-order chi connectivity index (χ0) is 16.1. The summed E-state index contributed by atoms with van der Waals surface area (Å²) in [6.07, 6.45) is 1.83. The fraction of sp³-hybridized carbons (Fsp3) is 0.200. The molecule has 6 nitrogen and oxygen atoms in total. The van der Waals surface area contributed by atoms with E-state index in [-0.39, 0.29) is 5.69 Å². The zero-order valence-electron chi connectivity index (χ0n) is 12.0. The summed E-state index contributed by atoms with van der Waals surface area (Å²) < 4.78 is 5.98. The summed E-state index contributed by atoms with van der Waals surface area (Å²) in [6.45, 7) is 3.25. The van der Waals surface area contributed by atoms with E-state index in [1.807, 2.05) is 0 Å². The highest BCUT2D eigenvalue weighted by molar-refractivity contribution is 9.10. The average Bonchev–Trinajstić information content (AvgIpc) is 2.50. The number of esters is 1. The van der Waals surface area contributed by atoms with Crippen LogP contribution in [0.4, 0.5) is 5.69 Å². The number of carbonyl (C=O) groups is 2. The molecule has 0 aliphatic rings. The van der Waals surface area contributed by atoms with E-state index in [2.05, 4.69) is 31.2 Å². The predicted octanol–water partition coefficient (Wildman–Crippen LogP) is 2.73. The van der Waals surface area contributed by atoms with Crippen molar-refractivity contribution in [3.05, 3.63) is 52.5 Å². The molecule has 0 radical (unpaired) electrons. The van der Waals surface area contributed by atoms with Crippen LogP contribution in [-0.4, -0.2) is 27.9 Å². The normalized spacial score (nSPS) is 11.6. The first kappa shape index (κ1) is 16.1. The lowest BCUT2D eigenvalue weighted by atomic mass is 10.3. The van der Waals surface area contributed by atoms with E-state index in [1.165, 1.54) is 19.3 Å². The Balaban J connectivity index is 1.94. The molecular weight excluding hydrogens is 350 g/mol. The van der Waals surface area contributed by atoms with Crippen molar-refractivity contribution in [3.8, 4) is 0 Å². The minimum atomic E-state index is -0.945. The van der Waals surface area contributed by atoms with Gasteiger partial charge in [-0.1, -0.05) is 15.9 Å². The van der Waals surface area contributed by atoms with Gasteiger partial charge in [-0.25, -0.2) is 9.78 Å². The number of nitrogens with zero attached hydrogens (tertiary/aromatic N) is 2. The van der Waals surface area contributed by atoms with Crippen molar-refractivity contribution in [1.82, 2.24) is 9.97 Å². The number of aryl methyl sites for hydroxylation is 1. The maximum absolute atomic E-state index is 12.0. The Morgan fingerprint density at radius 1 is 1.18 bits per heavy atom. The summed E-state index contributed by atoms with van der Waals surface area (Å²) in [5.74, 6) is -1.11. The molecule has 1 heterocycles. The summed E-state index contributed by atoms with van der Waals surface area (Å²) >= 11 is 3.31. The summed E-state index contributed by atoms with van der Waals surface area (Å²) in [5, 5.41) is 2.66. The Bertz CT molecular complexity index is 671. The van der Waals surface area contributed by atoms with Crippen LogP contribution in [0.3, 0.4) is 0 Å². The molecule has 0 saturated carbocycles. The van der Waals surface area contributed by atoms with Crippen LogP contribution in [0.25, 0.3) is 0 Å². The monoisotopic (exact) mass is 363 g/mol. The van der Waals surface area contributed by atoms with Gasteiger partial charge in [0, 0.05) is 16.4 Å². The molecular formula is C15H14BrN3O3. The Hall–Kier alpha value is -2.28. The second kappa shape index (κ2) is 7.13. The second-order valence-electron chi connectivity index (χ2n) is 4.59. The molecule has 114 valence electrons. The molecule has 7 heteroatoms. The Kier molecular flexibility index (Phi) is 5.21. The molecule has 0 spiro atoms. The number of aromatic nitrogens is 2. The van der Waals surface area contributed by atoms with Gasteiger partial charge in [-0.05, 0) is 38.1 Å². The third-order valence-electron chi connectivity index (χ3n) is 2.75. The Morgan fingerprint density at radius 2 is 1.86 bits per heavy atom. The van der Waals surface area contributed by atoms with Crippen LogP contribution >= 0.6 is 15.9 Å². The minimum absolute atomic E-state index is 0.0638. The van der Waals surface area contributed by atoms with Gasteiger partial charge in [-0.15, -0.1) is 0 Å². The highest BCUT2D eigenvalue weighted by Gasteiger charge is 2.20. The molecule has 2 rings (SSSR count). The maximum Gasteiger partial charge on any atom is 0.359 e. The van der Waals surface area contributed by atoms with Gasteiger partial charge in [0.2, 0.25) is 0 Å². The lowest BCUT2D eigenvalue weighted by Gasteiger charge is -2.13. The van der Waals surface area contributed by atoms with Gasteiger partial charge in [0.15, 0.2) is 11.8 Å². The number of carbonyl (C=O) groups excluding carboxylic acids is 2. The molecule has 1 amide bonds. The van der Waals surface area contributed by atoms with E-state index in [0.717, 1.165) is 4.47 Å². The highest BCUT2D eigenvalue weighted by atomic mass is 79.9. The van der Waals surface area contributed by atoms with Crippen LogP contribution in [-0.2, 0) is 9.53 Å². The Labute approximate surface area is 136 Å². The van der Waals surface area contributed by atoms with Gasteiger partial charge >= 0.3 is 5.97 Å². The quantitative estimate of drug-likeness (QED) is 0.844. The number of hydrogen-bond acceptors (Lipinski definition) is 5. The smallest absolute Gasteiger partial charge is 0.359 e. The minimum Gasteiger partial charge on any atom is -0.448 e. The molecule has 0 aliphatic heterocycles. The third-order valence-corrected chi connectivity index (χ3v) is 3.28. The third kappa shape index (κ3) is 4.36. The second-order valence-corrected chi connectivity index (χ2v) is 5.50. The molecule has 0 saturated heterocycles. The molecule has 0 fully saturated rings. The molecule has 2 aromatic rings. The predicted molar refractivity (Wildman–Crippen MR) is 84.4 cm³/mol. The van der Waals surface area contributed by atoms with Gasteiger partial charge in [-0.3, -0.25) is 9.78 Å². The number of nitrogens with one attached hydrogen (secondary N) is 1. The number of anilines is 1. The first-order valence-corrected chi connectivity index (χ1v) is 7.31. The lowest BCUT2D eigenvalue weighted by molar-refractivity contribution is -0.123. The van der Waals surface area contributed by atoms with Crippen LogP contribution < -0.4 is 5.32 Å². The maximum atomic E-state index is 12.0. The number of benzene rings is 1. The van der Waals surface area contributed by atoms with Gasteiger partial charge < -0.3 is 10.1 Å². The number of halogens is 1. The Morgan fingerprint density at radius 3 is 2.45 bits per heavy atom. The van der Waals surface area contributed by atoms with Crippen molar-refractivity contribution < 1.29 is 14.3 Å². The molecule has 0 bridgehead atoms. The SMILES string of the molecule is Cc1cnc(C(=O)OC(C)C(=O)Nc2ccc(Br)cc2)cn1. The van der Waals surface area contributed by atoms with E-state index < -0.39 is 18.0 Å². The number of rotatable bonds is 4. The standard InChI is InChI=1S/C15H14BrN3O3/c1-9-7-18-13(8-17-9)15(21)22-10(2)14(20)19-12-5-3-11(16)4-6-12/h3-8,10H,1-2H3,(H,19,20). The fourth-order valence-corrected chi connectivity index (χ4v) is 1.81. The summed E-state index contributed by atoms with van der Waals surface area (Å²) in [5.41, 5.74) is 1.37. The van der Waals surface area contributed by atoms with E-state index in [0.29, 0.717) is 11.4 Å². The topological polar surface area (TPSA) is 81.2 Å². The van der Waals surface area contributed by atoms with E-state index in [1.54, 1.807) is 31.2 Å². The van der Waals surface area contributed by atoms with Crippen LogP contribution in [0.2, 0.25) is 0 Å². The molecule has 1 aromatic heterocycles. The van der Waals surface area contributed by atoms with Gasteiger partial charge in [0.1, 0.15) is 0 Å². The number of amides is 1. The van der Waals surface area contributed by atoms with Crippen molar-refractivity contribution in [2.75, 3.05) is 5.32 Å². The highest BCUT2D eigenvalue weighted by Crippen LogP contribution is 2.14. The largest absolute Gasteiger partial charge is 0.448 e. The van der Waals surface area contributed by atoms with Crippen molar-refractivity contribution in [2.24, 2.45) is 0 Å². The van der Waals surface area contributed by atoms with Crippen molar-refractivity contribution in [2.45, 2.75) is 20.0 Å². The molecule has 1 atom stereocenters. The van der Waals surface area contributed by atoms with Gasteiger partial charge in [-0.2, -0.15) is 0 Å². The summed E-state index contributed by atoms with van der Waals surface area (Å²) in [7, 11) is 0. The molecule has 1 unspecified atom stereocenters. The fourth-order valence-electron chi connectivity index (χ4n) is 1.55. The number of hydrogen-bond donors (Lipinski definition) is 1. The van der Waals surface area contributed by atoms with E-state index >= 15 is 0 Å². The van der Waals surface area contributed by atoms with Crippen molar-refractivity contribution >= 4 is 33.5 Å². The van der Waals surface area contributed by atoms with E-state index in [9.17, 15) is 9.59 Å². The van der Waals surface area contributed by atoms with Crippen molar-refractivity contribution in [1.29, 1.82) is 0 Å². The average molecular weight is 364 g/mol. The van der Waals surface area contributed by atoms with Crippen LogP contribution in [0.1, 0.15) is 23.1 Å². The van der Waals surface area contributed by atoms with Gasteiger partial charge in [0.05, 0.1) is 11.9 Å². The van der Waals surface area contributed by atoms with Crippen LogP contribution in [0, 0.1) is 6.92 Å². The van der Waals surface area contributed by atoms with Crippen LogP contribution in [0.15, 0.2) is 41.1 Å². The first-order valence-electron chi connectivity index (χ1n) is 6.52. The summed E-state index contributed by atoms with van der Waals surface area (Å²) in [4.78, 5) is 31.7. The number of ether oxygens (including phenoxy) is 1.